The van der Waals surface area contributed by atoms with E-state index in [1.807, 2.05) is 18.2 Å². The van der Waals surface area contributed by atoms with Crippen molar-refractivity contribution in [1.29, 1.82) is 0 Å². The molecule has 0 radical (unpaired) electrons. The Morgan fingerprint density at radius 1 is 1.12 bits per heavy atom. The van der Waals surface area contributed by atoms with E-state index in [1.165, 1.54) is 24.1 Å². The van der Waals surface area contributed by atoms with Crippen molar-refractivity contribution in [3.8, 4) is 0 Å². The lowest BCUT2D eigenvalue weighted by Gasteiger charge is -2.39. The molecule has 0 aromatic heterocycles. The number of nitrogens with zero attached hydrogens (tertiary/aromatic N) is 2. The molecule has 2 aromatic carbocycles. The van der Waals surface area contributed by atoms with Gasteiger partial charge in [-0.15, -0.1) is 0 Å². The first-order valence-corrected chi connectivity index (χ1v) is 7.70. The lowest BCUT2D eigenvalue weighted by Crippen LogP contribution is -2.50. The minimum absolute atomic E-state index is 0.145. The topological polar surface area (TPSA) is 49.9 Å². The third-order valence-corrected chi connectivity index (χ3v) is 4.38. The van der Waals surface area contributed by atoms with Gasteiger partial charge in [-0.3, -0.25) is 14.6 Å². The van der Waals surface area contributed by atoms with Crippen molar-refractivity contribution < 1.29 is 18.7 Å². The van der Waals surface area contributed by atoms with E-state index in [0.29, 0.717) is 17.7 Å². The van der Waals surface area contributed by atoms with Crippen LogP contribution in [-0.4, -0.2) is 23.1 Å². The second-order valence-corrected chi connectivity index (χ2v) is 5.87. The largest absolute Gasteiger partial charge is 0.440 e. The lowest BCUT2D eigenvalue weighted by atomic mass is 9.97. The molecule has 1 amide bonds. The zero-order valence-corrected chi connectivity index (χ0v) is 13.0. The molecule has 1 fully saturated rings. The SMILES string of the molecule is CC(=O)OC1CC2c3ccccc3C(=O)N1N2c1ccc(F)cc1. The van der Waals surface area contributed by atoms with Crippen molar-refractivity contribution in [1.82, 2.24) is 5.01 Å². The first-order valence-electron chi connectivity index (χ1n) is 7.70. The van der Waals surface area contributed by atoms with Gasteiger partial charge in [0.15, 0.2) is 6.23 Å². The van der Waals surface area contributed by atoms with Gasteiger partial charge in [-0.25, -0.2) is 9.40 Å². The average molecular weight is 326 g/mol. The summed E-state index contributed by atoms with van der Waals surface area (Å²) < 4.78 is 18.6. The van der Waals surface area contributed by atoms with Gasteiger partial charge in [-0.05, 0) is 35.9 Å². The second kappa shape index (κ2) is 5.33. The van der Waals surface area contributed by atoms with Gasteiger partial charge in [0.2, 0.25) is 0 Å². The molecule has 4 rings (SSSR count). The summed E-state index contributed by atoms with van der Waals surface area (Å²) in [6.07, 6.45) is -0.197. The molecule has 2 aliphatic heterocycles. The number of rotatable bonds is 2. The predicted octanol–water partition coefficient (Wildman–Crippen LogP) is 3.04. The number of anilines is 1. The minimum atomic E-state index is -0.669. The highest BCUT2D eigenvalue weighted by atomic mass is 19.1. The molecule has 5 nitrogen and oxygen atoms in total. The zero-order chi connectivity index (χ0) is 16.8. The fourth-order valence-electron chi connectivity index (χ4n) is 3.46. The third kappa shape index (κ3) is 2.14. The minimum Gasteiger partial charge on any atom is -0.440 e. The molecule has 1 saturated heterocycles. The quantitative estimate of drug-likeness (QED) is 0.796. The van der Waals surface area contributed by atoms with Crippen molar-refractivity contribution in [3.05, 3.63) is 65.5 Å². The van der Waals surface area contributed by atoms with Crippen LogP contribution in [0.5, 0.6) is 0 Å². The monoisotopic (exact) mass is 326 g/mol. The Morgan fingerprint density at radius 3 is 2.54 bits per heavy atom. The Hall–Kier alpha value is -2.89. The maximum absolute atomic E-state index is 13.3. The molecule has 24 heavy (non-hydrogen) atoms. The van der Waals surface area contributed by atoms with Gasteiger partial charge < -0.3 is 4.74 Å². The molecular formula is C18H15FN2O3. The fraction of sp³-hybridized carbons (Fsp3) is 0.222. The van der Waals surface area contributed by atoms with Gasteiger partial charge in [-0.1, -0.05) is 18.2 Å². The Labute approximate surface area is 138 Å². The first-order chi connectivity index (χ1) is 11.6. The molecule has 122 valence electrons. The predicted molar refractivity (Wildman–Crippen MR) is 84.4 cm³/mol. The summed E-state index contributed by atoms with van der Waals surface area (Å²) in [5, 5.41) is 3.25. The summed E-state index contributed by atoms with van der Waals surface area (Å²) in [5.74, 6) is -1.01. The highest BCUT2D eigenvalue weighted by molar-refractivity contribution is 5.99. The van der Waals surface area contributed by atoms with E-state index in [2.05, 4.69) is 0 Å². The number of carbonyl (C=O) groups excluding carboxylic acids is 2. The van der Waals surface area contributed by atoms with E-state index in [4.69, 9.17) is 4.74 Å². The molecule has 2 aromatic rings. The molecule has 0 saturated carbocycles. The van der Waals surface area contributed by atoms with E-state index in [9.17, 15) is 14.0 Å². The van der Waals surface area contributed by atoms with E-state index < -0.39 is 12.2 Å². The normalized spacial score (nSPS) is 21.7. The van der Waals surface area contributed by atoms with Gasteiger partial charge >= 0.3 is 5.97 Å². The number of amides is 1. The van der Waals surface area contributed by atoms with Crippen LogP contribution in [0.15, 0.2) is 48.5 Å². The molecule has 0 N–H and O–H groups in total. The maximum Gasteiger partial charge on any atom is 0.304 e. The Kier molecular flexibility index (Phi) is 3.26. The van der Waals surface area contributed by atoms with Crippen LogP contribution in [0.4, 0.5) is 10.1 Å². The van der Waals surface area contributed by atoms with Crippen molar-refractivity contribution >= 4 is 17.6 Å². The smallest absolute Gasteiger partial charge is 0.304 e. The van der Waals surface area contributed by atoms with Gasteiger partial charge in [0.25, 0.3) is 5.91 Å². The molecular weight excluding hydrogens is 311 g/mol. The molecule has 2 unspecified atom stereocenters. The maximum atomic E-state index is 13.3. The highest BCUT2D eigenvalue weighted by Gasteiger charge is 2.50. The standard InChI is InChI=1S/C18H15FN2O3/c1-11(22)24-17-10-16-14-4-2-3-5-15(14)18(23)21(17)20(16)13-8-6-12(19)7-9-13/h2-9,16-17H,10H2,1H3. The van der Waals surface area contributed by atoms with Gasteiger partial charge in [0.1, 0.15) is 5.82 Å². The Morgan fingerprint density at radius 2 is 1.83 bits per heavy atom. The number of esters is 1. The van der Waals surface area contributed by atoms with Gasteiger partial charge in [0, 0.05) is 18.9 Å². The van der Waals surface area contributed by atoms with Crippen LogP contribution >= 0.6 is 0 Å². The Balaban J connectivity index is 1.83. The first kappa shape index (κ1) is 14.7. The molecule has 0 aliphatic carbocycles. The van der Waals surface area contributed by atoms with Crippen molar-refractivity contribution in [2.45, 2.75) is 25.6 Å². The number of hydrogen-bond donors (Lipinski definition) is 0. The van der Waals surface area contributed by atoms with E-state index in [1.54, 1.807) is 23.2 Å². The fourth-order valence-corrected chi connectivity index (χ4v) is 3.46. The van der Waals surface area contributed by atoms with Gasteiger partial charge in [-0.2, -0.15) is 0 Å². The third-order valence-electron chi connectivity index (χ3n) is 4.38. The summed E-state index contributed by atoms with van der Waals surface area (Å²) >= 11 is 0. The number of hydrogen-bond acceptors (Lipinski definition) is 4. The van der Waals surface area contributed by atoms with E-state index in [0.717, 1.165) is 5.56 Å². The second-order valence-electron chi connectivity index (χ2n) is 5.87. The van der Waals surface area contributed by atoms with Crippen LogP contribution < -0.4 is 5.01 Å². The van der Waals surface area contributed by atoms with E-state index in [-0.39, 0.29) is 17.8 Å². The van der Waals surface area contributed by atoms with Crippen molar-refractivity contribution in [2.24, 2.45) is 0 Å². The van der Waals surface area contributed by atoms with Crippen LogP contribution in [0.1, 0.15) is 35.3 Å². The van der Waals surface area contributed by atoms with Crippen LogP contribution in [0.3, 0.4) is 0 Å². The summed E-state index contributed by atoms with van der Waals surface area (Å²) in [4.78, 5) is 24.4. The number of hydrazine groups is 1. The summed E-state index contributed by atoms with van der Waals surface area (Å²) in [7, 11) is 0. The van der Waals surface area contributed by atoms with Gasteiger partial charge in [0.05, 0.1) is 11.7 Å². The molecule has 2 atom stereocenters. The summed E-state index contributed by atoms with van der Waals surface area (Å²) in [6.45, 7) is 1.32. The van der Waals surface area contributed by atoms with Crippen molar-refractivity contribution in [2.75, 3.05) is 5.01 Å². The molecule has 0 spiro atoms. The summed E-state index contributed by atoms with van der Waals surface area (Å²) in [6, 6.07) is 13.2. The van der Waals surface area contributed by atoms with Crippen LogP contribution in [0.25, 0.3) is 0 Å². The zero-order valence-electron chi connectivity index (χ0n) is 13.0. The van der Waals surface area contributed by atoms with Crippen molar-refractivity contribution in [3.63, 3.8) is 0 Å². The molecule has 2 bridgehead atoms. The van der Waals surface area contributed by atoms with Crippen LogP contribution in [0, 0.1) is 5.82 Å². The van der Waals surface area contributed by atoms with E-state index >= 15 is 0 Å². The highest BCUT2D eigenvalue weighted by Crippen LogP contribution is 2.46. The van der Waals surface area contributed by atoms with Crippen LogP contribution in [-0.2, 0) is 9.53 Å². The summed E-state index contributed by atoms with van der Waals surface area (Å²) in [5.41, 5.74) is 2.17. The number of benzene rings is 2. The molecule has 2 aliphatic rings. The number of fused-ring (bicyclic) bond motifs is 4. The number of carbonyl (C=O) groups is 2. The Bertz CT molecular complexity index is 821. The lowest BCUT2D eigenvalue weighted by molar-refractivity contribution is -0.151. The van der Waals surface area contributed by atoms with Crippen LogP contribution in [0.2, 0.25) is 0 Å². The number of ether oxygens (including phenoxy) is 1. The molecule has 6 heteroatoms. The number of halogens is 1. The molecule has 2 heterocycles. The average Bonchev–Trinajstić information content (AvgIpc) is 2.87.